The molecule has 3 unspecified atom stereocenters. The van der Waals surface area contributed by atoms with E-state index in [4.69, 9.17) is 0 Å². The van der Waals surface area contributed by atoms with Crippen molar-refractivity contribution in [3.8, 4) is 0 Å². The molecule has 0 aliphatic heterocycles. The Bertz CT molecular complexity index is 836. The fourth-order valence-corrected chi connectivity index (χ4v) is 3.74. The van der Waals surface area contributed by atoms with E-state index >= 15 is 0 Å². The maximum atomic E-state index is 13.5. The Hall–Kier alpha value is -1.68. The minimum atomic E-state index is -4.72. The number of hydrogen-bond donors (Lipinski definition) is 1. The quantitative estimate of drug-likeness (QED) is 0.486. The maximum Gasteiger partial charge on any atom is 0.418 e. The van der Waals surface area contributed by atoms with Crippen molar-refractivity contribution in [3.63, 3.8) is 0 Å². The smallest absolute Gasteiger partial charge is 0.259 e. The molecule has 0 radical (unpaired) electrons. The second-order valence-electron chi connectivity index (χ2n) is 7.75. The highest BCUT2D eigenvalue weighted by Gasteiger charge is 2.40. The number of allylic oxidation sites excluding steroid dienone is 3. The van der Waals surface area contributed by atoms with Gasteiger partial charge in [0.25, 0.3) is 0 Å². The summed E-state index contributed by atoms with van der Waals surface area (Å²) in [7, 11) is -1.79. The molecule has 1 heterocycles. The van der Waals surface area contributed by atoms with Gasteiger partial charge in [-0.3, -0.25) is 4.98 Å². The molecule has 29 heavy (non-hydrogen) atoms. The van der Waals surface area contributed by atoms with E-state index in [9.17, 15) is 30.6 Å². The normalized spacial score (nSPS) is 20.7. The number of pyridine rings is 1. The summed E-state index contributed by atoms with van der Waals surface area (Å²) in [5.41, 5.74) is -1.94. The van der Waals surface area contributed by atoms with Gasteiger partial charge in [-0.05, 0) is 50.8 Å². The number of nitrogens with zero attached hydrogens (tertiary/aromatic N) is 1. The highest BCUT2D eigenvalue weighted by Crippen LogP contribution is 2.41. The first-order valence-corrected chi connectivity index (χ1v) is 9.95. The molecule has 0 saturated carbocycles. The van der Waals surface area contributed by atoms with Gasteiger partial charge < -0.3 is 0 Å². The second-order valence-corrected chi connectivity index (χ2v) is 9.75. The Morgan fingerprint density at radius 1 is 1.14 bits per heavy atom. The minimum absolute atomic E-state index is 0.264. The van der Waals surface area contributed by atoms with E-state index in [-0.39, 0.29) is 5.57 Å². The van der Waals surface area contributed by atoms with Crippen molar-refractivity contribution >= 4 is 11.0 Å². The van der Waals surface area contributed by atoms with Crippen molar-refractivity contribution in [3.05, 3.63) is 52.9 Å². The predicted molar refractivity (Wildman–Crippen MR) is 99.0 cm³/mol. The molecule has 2 rings (SSSR count). The van der Waals surface area contributed by atoms with Crippen LogP contribution in [0.5, 0.6) is 0 Å². The lowest BCUT2D eigenvalue weighted by Crippen LogP contribution is -2.38. The SMILES string of the molecule is CC1C=C(C(F)(F)F)CC=C1C(NS(=O)C(C)(C)C)c1ncccc1C(F)(F)F. The lowest BCUT2D eigenvalue weighted by Gasteiger charge is -2.31. The van der Waals surface area contributed by atoms with Gasteiger partial charge in [-0.2, -0.15) is 26.3 Å². The summed E-state index contributed by atoms with van der Waals surface area (Å²) in [4.78, 5) is 3.86. The molecular formula is C19H22F6N2OS. The monoisotopic (exact) mass is 440 g/mol. The molecule has 0 spiro atoms. The van der Waals surface area contributed by atoms with E-state index in [2.05, 4.69) is 9.71 Å². The van der Waals surface area contributed by atoms with Crippen LogP contribution in [0.3, 0.4) is 0 Å². The van der Waals surface area contributed by atoms with Gasteiger partial charge in [0.2, 0.25) is 0 Å². The highest BCUT2D eigenvalue weighted by molar-refractivity contribution is 7.84. The molecule has 3 nitrogen and oxygen atoms in total. The van der Waals surface area contributed by atoms with Crippen LogP contribution in [-0.2, 0) is 17.2 Å². The first-order valence-electron chi connectivity index (χ1n) is 8.80. The topological polar surface area (TPSA) is 42.0 Å². The largest absolute Gasteiger partial charge is 0.418 e. The van der Waals surface area contributed by atoms with Crippen LogP contribution >= 0.6 is 0 Å². The molecule has 0 amide bonds. The van der Waals surface area contributed by atoms with E-state index in [1.54, 1.807) is 20.8 Å². The first-order chi connectivity index (χ1) is 13.1. The molecule has 1 aromatic heterocycles. The van der Waals surface area contributed by atoms with Crippen LogP contribution in [0.4, 0.5) is 26.3 Å². The predicted octanol–water partition coefficient (Wildman–Crippen LogP) is 5.65. The van der Waals surface area contributed by atoms with Crippen LogP contribution in [0, 0.1) is 5.92 Å². The van der Waals surface area contributed by atoms with Gasteiger partial charge in [-0.15, -0.1) is 0 Å². The third-order valence-electron chi connectivity index (χ3n) is 4.43. The molecule has 162 valence electrons. The molecular weight excluding hydrogens is 418 g/mol. The summed E-state index contributed by atoms with van der Waals surface area (Å²) in [6, 6.07) is 0.723. The van der Waals surface area contributed by atoms with Gasteiger partial charge in [-0.1, -0.05) is 19.1 Å². The first kappa shape index (κ1) is 23.6. The summed E-state index contributed by atoms with van der Waals surface area (Å²) >= 11 is 0. The highest BCUT2D eigenvalue weighted by atomic mass is 32.2. The van der Waals surface area contributed by atoms with Crippen molar-refractivity contribution in [2.24, 2.45) is 5.92 Å². The average molecular weight is 440 g/mol. The van der Waals surface area contributed by atoms with Gasteiger partial charge >= 0.3 is 12.4 Å². The Morgan fingerprint density at radius 3 is 2.24 bits per heavy atom. The van der Waals surface area contributed by atoms with E-state index in [0.717, 1.165) is 18.2 Å². The molecule has 1 aliphatic rings. The van der Waals surface area contributed by atoms with Gasteiger partial charge in [0.1, 0.15) is 0 Å². The van der Waals surface area contributed by atoms with E-state index in [0.29, 0.717) is 0 Å². The van der Waals surface area contributed by atoms with Crippen LogP contribution in [-0.4, -0.2) is 20.1 Å². The van der Waals surface area contributed by atoms with Crippen molar-refractivity contribution in [2.75, 3.05) is 0 Å². The Kier molecular flexibility index (Phi) is 6.69. The van der Waals surface area contributed by atoms with Crippen LogP contribution in [0.1, 0.15) is 51.4 Å². The summed E-state index contributed by atoms with van der Waals surface area (Å²) in [5.74, 6) is -0.821. The number of nitrogens with one attached hydrogen (secondary N) is 1. The molecule has 10 heteroatoms. The molecule has 1 aromatic rings. The standard InChI is InChI=1S/C19H22F6N2OS/c1-11-10-12(18(20,21)22)7-8-13(11)15(27-29(28)17(2,3)4)16-14(19(23,24)25)6-5-9-26-16/h5-6,8-11,15,27H,7H2,1-4H3. The Labute approximate surface area is 167 Å². The van der Waals surface area contributed by atoms with Crippen molar-refractivity contribution in [2.45, 2.75) is 57.3 Å². The molecule has 1 N–H and O–H groups in total. The van der Waals surface area contributed by atoms with E-state index < -0.39 is 63.3 Å². The number of alkyl halides is 6. The molecule has 0 fully saturated rings. The fraction of sp³-hybridized carbons (Fsp3) is 0.526. The van der Waals surface area contributed by atoms with Gasteiger partial charge in [0, 0.05) is 11.8 Å². The van der Waals surface area contributed by atoms with Gasteiger partial charge in [0.05, 0.1) is 33.0 Å². The van der Waals surface area contributed by atoms with E-state index in [1.165, 1.54) is 19.2 Å². The minimum Gasteiger partial charge on any atom is -0.259 e. The van der Waals surface area contributed by atoms with Crippen molar-refractivity contribution in [1.82, 2.24) is 9.71 Å². The molecule has 3 atom stereocenters. The number of rotatable bonds is 4. The lowest BCUT2D eigenvalue weighted by atomic mass is 9.84. The zero-order valence-corrected chi connectivity index (χ0v) is 17.1. The Morgan fingerprint density at radius 2 is 1.76 bits per heavy atom. The summed E-state index contributed by atoms with van der Waals surface area (Å²) < 4.78 is 94.2. The summed E-state index contributed by atoms with van der Waals surface area (Å²) in [6.07, 6.45) is -6.31. The van der Waals surface area contributed by atoms with Crippen LogP contribution in [0.25, 0.3) is 0 Å². The fourth-order valence-electron chi connectivity index (χ4n) is 2.92. The molecule has 0 aromatic carbocycles. The third-order valence-corrected chi connectivity index (χ3v) is 5.99. The number of halogens is 6. The zero-order chi connectivity index (χ0) is 22.2. The molecule has 0 saturated heterocycles. The van der Waals surface area contributed by atoms with Crippen LogP contribution < -0.4 is 4.72 Å². The van der Waals surface area contributed by atoms with Gasteiger partial charge in [0.15, 0.2) is 0 Å². The maximum absolute atomic E-state index is 13.5. The number of aromatic nitrogens is 1. The van der Waals surface area contributed by atoms with Crippen LogP contribution in [0.2, 0.25) is 0 Å². The number of hydrogen-bond acceptors (Lipinski definition) is 2. The lowest BCUT2D eigenvalue weighted by molar-refractivity contribution is -0.138. The van der Waals surface area contributed by atoms with Crippen molar-refractivity contribution in [1.29, 1.82) is 0 Å². The van der Waals surface area contributed by atoms with Gasteiger partial charge in [-0.25, -0.2) is 8.93 Å². The summed E-state index contributed by atoms with van der Waals surface area (Å²) in [6.45, 7) is 6.37. The summed E-state index contributed by atoms with van der Waals surface area (Å²) in [5, 5.41) is 0. The van der Waals surface area contributed by atoms with Crippen LogP contribution in [0.15, 0.2) is 41.6 Å². The zero-order valence-electron chi connectivity index (χ0n) is 16.3. The molecule has 1 aliphatic carbocycles. The van der Waals surface area contributed by atoms with Crippen molar-refractivity contribution < 1.29 is 30.6 Å². The Balaban J connectivity index is 2.55. The molecule has 0 bridgehead atoms. The van der Waals surface area contributed by atoms with E-state index in [1.807, 2.05) is 0 Å². The second kappa shape index (κ2) is 8.22. The third kappa shape index (κ3) is 5.69. The average Bonchev–Trinajstić information content (AvgIpc) is 2.57.